The summed E-state index contributed by atoms with van der Waals surface area (Å²) in [5.74, 6) is -1.42. The predicted octanol–water partition coefficient (Wildman–Crippen LogP) is 4.57. The number of hydrogen-bond acceptors (Lipinski definition) is 1. The fourth-order valence-corrected chi connectivity index (χ4v) is 1.65. The summed E-state index contributed by atoms with van der Waals surface area (Å²) in [5.41, 5.74) is 2.76. The van der Waals surface area contributed by atoms with Crippen molar-refractivity contribution in [2.75, 3.05) is 0 Å². The average Bonchev–Trinajstić information content (AvgIpc) is 2.18. The van der Waals surface area contributed by atoms with Gasteiger partial charge in [0.1, 0.15) is 5.82 Å². The van der Waals surface area contributed by atoms with E-state index in [9.17, 15) is 26.3 Å². The molecule has 19 heavy (non-hydrogen) atoms. The minimum absolute atomic E-state index is 0. The van der Waals surface area contributed by atoms with Crippen molar-refractivity contribution in [3.8, 4) is 0 Å². The standard InChI is InChI=1S/C10H8ClF6N.ClH/c11-5-2-1-4(10(15,16)17)8(9(5)14)6(18)3-7(12)13;/h1-2,6-7H,3,18H2;1H/t6-;/m0./s1. The molecule has 1 nitrogen and oxygen atoms in total. The number of alkyl halides is 5. The zero-order valence-electron chi connectivity index (χ0n) is 9.15. The highest BCUT2D eigenvalue weighted by atomic mass is 35.5. The van der Waals surface area contributed by atoms with E-state index in [1.165, 1.54) is 0 Å². The third kappa shape index (κ3) is 4.43. The van der Waals surface area contributed by atoms with Crippen molar-refractivity contribution in [1.82, 2.24) is 0 Å². The normalized spacial score (nSPS) is 13.3. The highest BCUT2D eigenvalue weighted by Crippen LogP contribution is 2.38. The number of halogens is 8. The van der Waals surface area contributed by atoms with Gasteiger partial charge in [-0.2, -0.15) is 13.2 Å². The van der Waals surface area contributed by atoms with Crippen LogP contribution in [0, 0.1) is 5.82 Å². The molecule has 0 spiro atoms. The molecule has 0 bridgehead atoms. The van der Waals surface area contributed by atoms with Gasteiger partial charge in [-0.1, -0.05) is 11.6 Å². The van der Waals surface area contributed by atoms with E-state index in [2.05, 4.69) is 0 Å². The molecule has 110 valence electrons. The van der Waals surface area contributed by atoms with E-state index < -0.39 is 47.0 Å². The molecule has 0 aromatic heterocycles. The van der Waals surface area contributed by atoms with Gasteiger partial charge in [-0.05, 0) is 12.1 Å². The molecule has 0 amide bonds. The lowest BCUT2D eigenvalue weighted by molar-refractivity contribution is -0.138. The third-order valence-electron chi connectivity index (χ3n) is 2.24. The van der Waals surface area contributed by atoms with Crippen LogP contribution in [0.25, 0.3) is 0 Å². The molecule has 0 radical (unpaired) electrons. The van der Waals surface area contributed by atoms with Gasteiger partial charge in [-0.15, -0.1) is 12.4 Å². The predicted molar refractivity (Wildman–Crippen MR) is 61.2 cm³/mol. The molecule has 0 heterocycles. The van der Waals surface area contributed by atoms with Crippen molar-refractivity contribution in [3.63, 3.8) is 0 Å². The lowest BCUT2D eigenvalue weighted by atomic mass is 9.97. The summed E-state index contributed by atoms with van der Waals surface area (Å²) >= 11 is 5.33. The van der Waals surface area contributed by atoms with Crippen molar-refractivity contribution in [2.45, 2.75) is 25.1 Å². The van der Waals surface area contributed by atoms with Gasteiger partial charge in [0.05, 0.1) is 10.6 Å². The number of nitrogens with two attached hydrogens (primary N) is 1. The molecule has 2 N–H and O–H groups in total. The van der Waals surface area contributed by atoms with E-state index in [1.807, 2.05) is 0 Å². The maximum absolute atomic E-state index is 13.5. The molecule has 0 fully saturated rings. The summed E-state index contributed by atoms with van der Waals surface area (Å²) in [6.45, 7) is 0. The first kappa shape index (κ1) is 18.3. The smallest absolute Gasteiger partial charge is 0.324 e. The van der Waals surface area contributed by atoms with E-state index in [0.29, 0.717) is 12.1 Å². The van der Waals surface area contributed by atoms with Crippen molar-refractivity contribution in [2.24, 2.45) is 5.73 Å². The molecule has 0 aliphatic rings. The molecule has 0 aliphatic carbocycles. The maximum atomic E-state index is 13.5. The maximum Gasteiger partial charge on any atom is 0.416 e. The van der Waals surface area contributed by atoms with Crippen LogP contribution in [-0.2, 0) is 6.18 Å². The van der Waals surface area contributed by atoms with Crippen LogP contribution in [0.5, 0.6) is 0 Å². The van der Waals surface area contributed by atoms with Crippen LogP contribution in [0.4, 0.5) is 26.3 Å². The average molecular weight is 328 g/mol. The van der Waals surface area contributed by atoms with Gasteiger partial charge >= 0.3 is 6.18 Å². The molecule has 9 heteroatoms. The van der Waals surface area contributed by atoms with Crippen LogP contribution in [0.3, 0.4) is 0 Å². The van der Waals surface area contributed by atoms with Gasteiger partial charge in [0.25, 0.3) is 0 Å². The van der Waals surface area contributed by atoms with Crippen LogP contribution >= 0.6 is 24.0 Å². The van der Waals surface area contributed by atoms with Crippen molar-refractivity contribution < 1.29 is 26.3 Å². The number of rotatable bonds is 3. The number of hydrogen-bond donors (Lipinski definition) is 1. The van der Waals surface area contributed by atoms with Gasteiger partial charge in [0.2, 0.25) is 6.43 Å². The van der Waals surface area contributed by atoms with Gasteiger partial charge in [-0.25, -0.2) is 13.2 Å². The Morgan fingerprint density at radius 3 is 2.16 bits per heavy atom. The lowest BCUT2D eigenvalue weighted by Gasteiger charge is -2.19. The molecule has 0 saturated heterocycles. The van der Waals surface area contributed by atoms with Crippen LogP contribution in [0.2, 0.25) is 5.02 Å². The van der Waals surface area contributed by atoms with E-state index in [-0.39, 0.29) is 12.4 Å². The molecule has 0 saturated carbocycles. The Morgan fingerprint density at radius 2 is 1.74 bits per heavy atom. The summed E-state index contributed by atoms with van der Waals surface area (Å²) in [4.78, 5) is 0. The Labute approximate surface area is 116 Å². The third-order valence-corrected chi connectivity index (χ3v) is 2.53. The molecule has 0 unspecified atom stereocenters. The Morgan fingerprint density at radius 1 is 1.21 bits per heavy atom. The highest BCUT2D eigenvalue weighted by molar-refractivity contribution is 6.30. The first-order valence-corrected chi connectivity index (χ1v) is 5.11. The topological polar surface area (TPSA) is 26.0 Å². The van der Waals surface area contributed by atoms with Gasteiger partial charge < -0.3 is 5.73 Å². The van der Waals surface area contributed by atoms with E-state index >= 15 is 0 Å². The minimum Gasteiger partial charge on any atom is -0.324 e. The lowest BCUT2D eigenvalue weighted by Crippen LogP contribution is -2.21. The second-order valence-electron chi connectivity index (χ2n) is 3.55. The minimum atomic E-state index is -4.89. The molecule has 1 aromatic carbocycles. The molecule has 0 aliphatic heterocycles. The molecular formula is C10H9Cl2F6N. The van der Waals surface area contributed by atoms with Gasteiger partial charge in [-0.3, -0.25) is 0 Å². The zero-order chi connectivity index (χ0) is 14.1. The first-order valence-electron chi connectivity index (χ1n) is 4.73. The first-order chi connectivity index (χ1) is 8.14. The molecule has 1 rings (SSSR count). The summed E-state index contributed by atoms with van der Waals surface area (Å²) in [5, 5.41) is -0.595. The van der Waals surface area contributed by atoms with Crippen LogP contribution in [-0.4, -0.2) is 6.43 Å². The Kier molecular flexibility index (Phi) is 6.44. The fourth-order valence-electron chi connectivity index (χ4n) is 1.49. The summed E-state index contributed by atoms with van der Waals surface area (Å²) in [6, 6.07) is -0.551. The second kappa shape index (κ2) is 6.67. The Balaban J connectivity index is 0.00000324. The highest BCUT2D eigenvalue weighted by Gasteiger charge is 2.37. The Bertz CT molecular complexity index is 435. The molecule has 1 atom stereocenters. The zero-order valence-corrected chi connectivity index (χ0v) is 10.7. The van der Waals surface area contributed by atoms with Crippen LogP contribution < -0.4 is 5.73 Å². The van der Waals surface area contributed by atoms with Crippen molar-refractivity contribution in [1.29, 1.82) is 0 Å². The summed E-state index contributed by atoms with van der Waals surface area (Å²) in [6.07, 6.45) is -8.92. The molecule has 1 aromatic rings. The second-order valence-corrected chi connectivity index (χ2v) is 3.96. The summed E-state index contributed by atoms with van der Waals surface area (Å²) < 4.78 is 75.6. The van der Waals surface area contributed by atoms with Gasteiger partial charge in [0, 0.05) is 18.0 Å². The Hall–Kier alpha value is -0.660. The van der Waals surface area contributed by atoms with E-state index in [1.54, 1.807) is 0 Å². The van der Waals surface area contributed by atoms with E-state index in [0.717, 1.165) is 0 Å². The van der Waals surface area contributed by atoms with Crippen LogP contribution in [0.1, 0.15) is 23.6 Å². The van der Waals surface area contributed by atoms with Gasteiger partial charge in [0.15, 0.2) is 0 Å². The molecular weight excluding hydrogens is 319 g/mol. The quantitative estimate of drug-likeness (QED) is 0.808. The van der Waals surface area contributed by atoms with Crippen molar-refractivity contribution in [3.05, 3.63) is 34.1 Å². The van der Waals surface area contributed by atoms with Crippen molar-refractivity contribution >= 4 is 24.0 Å². The van der Waals surface area contributed by atoms with E-state index in [4.69, 9.17) is 17.3 Å². The SMILES string of the molecule is Cl.N[C@@H](CC(F)F)c1c(C(F)(F)F)ccc(Cl)c1F. The largest absolute Gasteiger partial charge is 0.416 e. The monoisotopic (exact) mass is 327 g/mol. The number of benzene rings is 1. The van der Waals surface area contributed by atoms with Crippen LogP contribution in [0.15, 0.2) is 12.1 Å². The summed E-state index contributed by atoms with van der Waals surface area (Å²) in [7, 11) is 0. The fraction of sp³-hybridized carbons (Fsp3) is 0.400.